The predicted octanol–water partition coefficient (Wildman–Crippen LogP) is 3.66. The van der Waals surface area contributed by atoms with Crippen molar-refractivity contribution >= 4 is 11.3 Å². The smallest absolute Gasteiger partial charge is 0.0216 e. The molecule has 3 unspecified atom stereocenters. The van der Waals surface area contributed by atoms with Gasteiger partial charge in [-0.1, -0.05) is 20.3 Å². The Morgan fingerprint density at radius 1 is 1.40 bits per heavy atom. The molecule has 0 aromatic carbocycles. The van der Waals surface area contributed by atoms with E-state index in [-0.39, 0.29) is 0 Å². The van der Waals surface area contributed by atoms with Crippen molar-refractivity contribution in [1.82, 2.24) is 5.32 Å². The van der Waals surface area contributed by atoms with Crippen LogP contribution in [0, 0.1) is 11.8 Å². The van der Waals surface area contributed by atoms with Gasteiger partial charge in [0.1, 0.15) is 0 Å². The van der Waals surface area contributed by atoms with Crippen LogP contribution in [0.15, 0.2) is 16.8 Å². The Morgan fingerprint density at radius 2 is 2.27 bits per heavy atom. The van der Waals surface area contributed by atoms with Crippen molar-refractivity contribution in [3.8, 4) is 0 Å². The molecule has 1 aliphatic carbocycles. The maximum absolute atomic E-state index is 3.71. The van der Waals surface area contributed by atoms with E-state index in [4.69, 9.17) is 0 Å². The van der Waals surface area contributed by atoms with Gasteiger partial charge in [-0.3, -0.25) is 0 Å². The maximum Gasteiger partial charge on any atom is 0.0216 e. The molecule has 1 N–H and O–H groups in total. The number of rotatable bonds is 3. The number of thiophene rings is 1. The van der Waals surface area contributed by atoms with Crippen molar-refractivity contribution in [2.75, 3.05) is 0 Å². The van der Waals surface area contributed by atoms with Crippen LogP contribution in [0.4, 0.5) is 0 Å². The maximum atomic E-state index is 3.71. The van der Waals surface area contributed by atoms with Gasteiger partial charge >= 0.3 is 0 Å². The van der Waals surface area contributed by atoms with Gasteiger partial charge < -0.3 is 5.32 Å². The van der Waals surface area contributed by atoms with E-state index in [2.05, 4.69) is 36.0 Å². The molecule has 2 rings (SSSR count). The highest BCUT2D eigenvalue weighted by molar-refractivity contribution is 7.07. The second-order valence-electron chi connectivity index (χ2n) is 5.01. The second-order valence-corrected chi connectivity index (χ2v) is 5.79. The Morgan fingerprint density at radius 3 is 3.00 bits per heavy atom. The fraction of sp³-hybridized carbons (Fsp3) is 0.692. The summed E-state index contributed by atoms with van der Waals surface area (Å²) in [5.41, 5.74) is 1.44. The fourth-order valence-electron chi connectivity index (χ4n) is 2.46. The monoisotopic (exact) mass is 223 g/mol. The van der Waals surface area contributed by atoms with Crippen LogP contribution in [0.25, 0.3) is 0 Å². The van der Waals surface area contributed by atoms with Crippen LogP contribution in [-0.2, 0) is 6.54 Å². The standard InChI is InChI=1S/C13H21NS/c1-10-3-4-11(2)13(7-10)14-8-12-5-6-15-9-12/h5-6,9-11,13-14H,3-4,7-8H2,1-2H3. The molecule has 0 saturated heterocycles. The summed E-state index contributed by atoms with van der Waals surface area (Å²) in [7, 11) is 0. The Bertz CT molecular complexity index is 281. The largest absolute Gasteiger partial charge is 0.310 e. The lowest BCUT2D eigenvalue weighted by atomic mass is 9.80. The van der Waals surface area contributed by atoms with Crippen LogP contribution in [-0.4, -0.2) is 6.04 Å². The zero-order chi connectivity index (χ0) is 10.7. The van der Waals surface area contributed by atoms with E-state index in [0.29, 0.717) is 0 Å². The molecule has 1 heterocycles. The van der Waals surface area contributed by atoms with Crippen LogP contribution in [0.5, 0.6) is 0 Å². The van der Waals surface area contributed by atoms with E-state index in [1.165, 1.54) is 24.8 Å². The summed E-state index contributed by atoms with van der Waals surface area (Å²) in [4.78, 5) is 0. The minimum Gasteiger partial charge on any atom is -0.310 e. The van der Waals surface area contributed by atoms with Gasteiger partial charge in [0.2, 0.25) is 0 Å². The molecule has 1 saturated carbocycles. The first-order valence-corrected chi connectivity index (χ1v) is 6.94. The summed E-state index contributed by atoms with van der Waals surface area (Å²) in [5.74, 6) is 1.75. The minimum atomic E-state index is 0.730. The highest BCUT2D eigenvalue weighted by Gasteiger charge is 2.24. The molecule has 2 heteroatoms. The Hall–Kier alpha value is -0.340. The van der Waals surface area contributed by atoms with Crippen molar-refractivity contribution < 1.29 is 0 Å². The molecule has 1 aliphatic rings. The lowest BCUT2D eigenvalue weighted by molar-refractivity contribution is 0.227. The van der Waals surface area contributed by atoms with Crippen LogP contribution in [0.2, 0.25) is 0 Å². The molecule has 1 aromatic rings. The van der Waals surface area contributed by atoms with E-state index in [9.17, 15) is 0 Å². The van der Waals surface area contributed by atoms with Gasteiger partial charge in [0.25, 0.3) is 0 Å². The fourth-order valence-corrected chi connectivity index (χ4v) is 3.13. The van der Waals surface area contributed by atoms with E-state index >= 15 is 0 Å². The third-order valence-electron chi connectivity index (χ3n) is 3.61. The van der Waals surface area contributed by atoms with Gasteiger partial charge in [0.05, 0.1) is 0 Å². The van der Waals surface area contributed by atoms with Crippen molar-refractivity contribution in [3.05, 3.63) is 22.4 Å². The lowest BCUT2D eigenvalue weighted by Crippen LogP contribution is -2.38. The Labute approximate surface area is 96.9 Å². The quantitative estimate of drug-likeness (QED) is 0.824. The zero-order valence-electron chi connectivity index (χ0n) is 9.70. The lowest BCUT2D eigenvalue weighted by Gasteiger charge is -2.33. The Balaban J connectivity index is 1.82. The van der Waals surface area contributed by atoms with Gasteiger partial charge in [-0.05, 0) is 47.1 Å². The summed E-state index contributed by atoms with van der Waals surface area (Å²) in [6.07, 6.45) is 4.16. The summed E-state index contributed by atoms with van der Waals surface area (Å²) >= 11 is 1.79. The van der Waals surface area contributed by atoms with Gasteiger partial charge in [0.15, 0.2) is 0 Å². The summed E-state index contributed by atoms with van der Waals surface area (Å²) in [5, 5.41) is 8.11. The van der Waals surface area contributed by atoms with Crippen molar-refractivity contribution in [2.45, 2.75) is 45.7 Å². The third kappa shape index (κ3) is 3.05. The second kappa shape index (κ2) is 5.13. The van der Waals surface area contributed by atoms with Crippen molar-refractivity contribution in [2.24, 2.45) is 11.8 Å². The molecule has 1 fully saturated rings. The number of nitrogens with one attached hydrogen (secondary N) is 1. The topological polar surface area (TPSA) is 12.0 Å². The molecule has 1 nitrogen and oxygen atoms in total. The summed E-state index contributed by atoms with van der Waals surface area (Å²) in [6, 6.07) is 2.95. The number of hydrogen-bond acceptors (Lipinski definition) is 2. The van der Waals surface area contributed by atoms with Crippen LogP contribution < -0.4 is 5.32 Å². The minimum absolute atomic E-state index is 0.730. The van der Waals surface area contributed by atoms with Gasteiger partial charge in [-0.2, -0.15) is 11.3 Å². The molecular formula is C13H21NS. The predicted molar refractivity (Wildman–Crippen MR) is 67.1 cm³/mol. The highest BCUT2D eigenvalue weighted by Crippen LogP contribution is 2.28. The molecule has 0 amide bonds. The van der Waals surface area contributed by atoms with E-state index < -0.39 is 0 Å². The first-order valence-electron chi connectivity index (χ1n) is 6.00. The molecule has 0 bridgehead atoms. The van der Waals surface area contributed by atoms with Crippen LogP contribution in [0.1, 0.15) is 38.7 Å². The number of hydrogen-bond donors (Lipinski definition) is 1. The molecule has 84 valence electrons. The van der Waals surface area contributed by atoms with E-state index in [1.807, 2.05) is 0 Å². The highest BCUT2D eigenvalue weighted by atomic mass is 32.1. The van der Waals surface area contributed by atoms with Gasteiger partial charge in [-0.15, -0.1) is 0 Å². The zero-order valence-corrected chi connectivity index (χ0v) is 10.5. The molecule has 1 aromatic heterocycles. The molecule has 0 spiro atoms. The summed E-state index contributed by atoms with van der Waals surface area (Å²) < 4.78 is 0. The third-order valence-corrected chi connectivity index (χ3v) is 4.34. The summed E-state index contributed by atoms with van der Waals surface area (Å²) in [6.45, 7) is 5.81. The Kier molecular flexibility index (Phi) is 3.81. The molecule has 3 atom stereocenters. The van der Waals surface area contributed by atoms with E-state index in [0.717, 1.165) is 24.4 Å². The molecule has 0 radical (unpaired) electrons. The van der Waals surface area contributed by atoms with Gasteiger partial charge in [-0.25, -0.2) is 0 Å². The van der Waals surface area contributed by atoms with Gasteiger partial charge in [0, 0.05) is 12.6 Å². The van der Waals surface area contributed by atoms with Crippen LogP contribution in [0.3, 0.4) is 0 Å². The molecule has 0 aliphatic heterocycles. The van der Waals surface area contributed by atoms with Crippen molar-refractivity contribution in [1.29, 1.82) is 0 Å². The molecule has 15 heavy (non-hydrogen) atoms. The first-order chi connectivity index (χ1) is 7.25. The first kappa shape index (κ1) is 11.2. The average Bonchev–Trinajstić information content (AvgIpc) is 2.72. The van der Waals surface area contributed by atoms with Crippen molar-refractivity contribution in [3.63, 3.8) is 0 Å². The molecular weight excluding hydrogens is 202 g/mol. The normalized spacial score (nSPS) is 31.7. The van der Waals surface area contributed by atoms with Crippen LogP contribution >= 0.6 is 11.3 Å². The van der Waals surface area contributed by atoms with E-state index in [1.54, 1.807) is 11.3 Å². The average molecular weight is 223 g/mol. The SMILES string of the molecule is CC1CCC(C)C(NCc2ccsc2)C1.